The number of carbonyl (C=O) groups excluding carboxylic acids is 5. The molecule has 15 nitrogen and oxygen atoms in total. The van der Waals surface area contributed by atoms with Gasteiger partial charge in [0.05, 0.1) is 42.6 Å². The van der Waals surface area contributed by atoms with Gasteiger partial charge in [0, 0.05) is 30.9 Å². The number of likely N-dealkylation sites (N-methyl/N-ethyl adjacent to an activating group) is 1. The molecule has 0 radical (unpaired) electrons. The number of anilines is 1. The van der Waals surface area contributed by atoms with Gasteiger partial charge in [0.25, 0.3) is 5.91 Å². The predicted octanol–water partition coefficient (Wildman–Crippen LogP) is 4.90. The number of carbonyl (C=O) groups is 5. The molecule has 4 aromatic carbocycles. The summed E-state index contributed by atoms with van der Waals surface area (Å²) in [5.74, 6) is -10.1. The van der Waals surface area contributed by atoms with E-state index in [2.05, 4.69) is 85.1 Å². The van der Waals surface area contributed by atoms with Crippen molar-refractivity contribution < 1.29 is 54.2 Å². The van der Waals surface area contributed by atoms with Crippen LogP contribution in [0.5, 0.6) is 11.5 Å². The van der Waals surface area contributed by atoms with Crippen molar-refractivity contribution in [3.05, 3.63) is 124 Å². The minimum atomic E-state index is -3.05. The van der Waals surface area contributed by atoms with E-state index in [0.29, 0.717) is 18.4 Å². The van der Waals surface area contributed by atoms with Crippen LogP contribution in [0.2, 0.25) is 0 Å². The average molecular weight is 976 g/mol. The summed E-state index contributed by atoms with van der Waals surface area (Å²) in [6, 6.07) is 27.8. The highest BCUT2D eigenvalue weighted by Gasteiger charge is 2.68. The second-order valence-electron chi connectivity index (χ2n) is 19.0. The summed E-state index contributed by atoms with van der Waals surface area (Å²) in [7, 11) is 2.53. The number of benzene rings is 4. The van der Waals surface area contributed by atoms with Crippen molar-refractivity contribution in [2.45, 2.75) is 89.4 Å². The molecule has 0 spiro atoms. The number of ether oxygens (including phenoxy) is 1. The van der Waals surface area contributed by atoms with Gasteiger partial charge in [-0.25, -0.2) is 0 Å². The zero-order valence-electron chi connectivity index (χ0n) is 40.5. The first-order valence-corrected chi connectivity index (χ1v) is 25.7. The van der Waals surface area contributed by atoms with Gasteiger partial charge in [-0.15, -0.1) is 0 Å². The van der Waals surface area contributed by atoms with Crippen LogP contribution in [0, 0.1) is 25.7 Å². The SMILES string of the molecule is COc1ccc([P+](CCCCCCCC(=O)NCCC(=O)Nc2ccc3c(c2O)C(O)=C2C(=O)[C@]4(O)C(O)=C(C(N)=O)C(=O)[C@@H](N(C)C)[C@@H]4[C@@H](O)[C@@H]2[C@H]3C)(c2ccc(C)cc2)c2ccc(C)cc2)cc1. The van der Waals surface area contributed by atoms with Gasteiger partial charge >= 0.3 is 0 Å². The number of hydrogen-bond acceptors (Lipinski definition) is 12. The number of methoxy groups -OCH3 is 1. The fourth-order valence-corrected chi connectivity index (χ4v) is 15.1. The number of rotatable bonds is 18. The maximum atomic E-state index is 14.3. The van der Waals surface area contributed by atoms with E-state index >= 15 is 0 Å². The number of aliphatic hydroxyl groups excluding tert-OH is 3. The summed E-state index contributed by atoms with van der Waals surface area (Å²) in [5.41, 5.74) is 3.15. The van der Waals surface area contributed by atoms with E-state index in [1.165, 1.54) is 58.2 Å². The monoisotopic (exact) mass is 975 g/mol. The Balaban J connectivity index is 0.941. The molecule has 1 fully saturated rings. The van der Waals surface area contributed by atoms with Gasteiger partial charge in [-0.1, -0.05) is 61.2 Å². The normalized spacial score (nSPS) is 22.0. The summed E-state index contributed by atoms with van der Waals surface area (Å²) < 4.78 is 5.51. The zero-order chi connectivity index (χ0) is 50.8. The first-order chi connectivity index (χ1) is 33.3. The Bertz CT molecular complexity index is 2690. The molecule has 3 aliphatic rings. The van der Waals surface area contributed by atoms with E-state index in [1.54, 1.807) is 14.0 Å². The van der Waals surface area contributed by atoms with Crippen molar-refractivity contribution in [2.24, 2.45) is 17.6 Å². The van der Waals surface area contributed by atoms with Crippen LogP contribution in [0.3, 0.4) is 0 Å². The third-order valence-corrected chi connectivity index (χ3v) is 19.0. The van der Waals surface area contributed by atoms with Gasteiger partial charge < -0.3 is 46.6 Å². The Morgan fingerprint density at radius 2 is 1.34 bits per heavy atom. The number of aryl methyl sites for hydroxylation is 2. The second-order valence-corrected chi connectivity index (χ2v) is 22.7. The molecule has 3 amide bonds. The van der Waals surface area contributed by atoms with E-state index in [0.717, 1.165) is 37.6 Å². The first-order valence-electron chi connectivity index (χ1n) is 23.7. The summed E-state index contributed by atoms with van der Waals surface area (Å²) in [6.45, 7) is 5.85. The molecule has 7 rings (SSSR count). The molecule has 16 heteroatoms. The lowest BCUT2D eigenvalue weighted by Gasteiger charge is -2.53. The fourth-order valence-electron chi connectivity index (χ4n) is 10.8. The second kappa shape index (κ2) is 20.9. The standard InChI is InChI=1S/C54H63N4O11P/c1-30-13-19-34(20-14-30)70(35-21-15-31(2)16-22-35,36-23-17-33(69-6)18-24-36)29-11-9-7-8-10-12-39(59)56-28-27-40(60)57-38-26-25-37-32(3)41-43(48(62)42(37)47(38)61)51(65)54(68)45(49(41)63)46(58(4)5)50(64)44(52(54)66)53(55)67/h13-26,32,41,45-46,49,63,68H,7-12,27-29H2,1-6H3,(H6-,55,56,57,59,60,61,62,64,65,66,67)/p+1/t32-,41+,45+,46-,49-,54-/m0/s1. The fraction of sp³-hybridized carbons (Fsp3) is 0.389. The summed E-state index contributed by atoms with van der Waals surface area (Å²) in [6.07, 6.45) is 3.93. The van der Waals surface area contributed by atoms with Crippen molar-refractivity contribution in [3.63, 3.8) is 0 Å². The highest BCUT2D eigenvalue weighted by atomic mass is 31.2. The largest absolute Gasteiger partial charge is 0.508 e. The number of phenolic OH excluding ortho intramolecular Hbond substituents is 1. The Hall–Kier alpha value is -6.38. The number of fused-ring (bicyclic) bond motifs is 3. The molecule has 0 bridgehead atoms. The Morgan fingerprint density at radius 3 is 1.90 bits per heavy atom. The number of unbranched alkanes of at least 4 members (excludes halogenated alkanes) is 4. The van der Waals surface area contributed by atoms with Crippen LogP contribution in [-0.2, 0) is 24.0 Å². The minimum absolute atomic E-state index is 0.0203. The molecule has 0 aromatic heterocycles. The molecule has 6 atom stereocenters. The van der Waals surface area contributed by atoms with E-state index in [-0.39, 0.29) is 30.1 Å². The van der Waals surface area contributed by atoms with Crippen LogP contribution in [0.15, 0.2) is 102 Å². The number of nitrogens with one attached hydrogen (secondary N) is 2. The Labute approximate surface area is 408 Å². The van der Waals surface area contributed by atoms with Gasteiger partial charge in [0.1, 0.15) is 51.8 Å². The molecule has 9 N–H and O–H groups in total. The minimum Gasteiger partial charge on any atom is -0.508 e. The number of hydrogen-bond donors (Lipinski definition) is 8. The van der Waals surface area contributed by atoms with Crippen LogP contribution < -0.4 is 37.0 Å². The number of nitrogens with zero attached hydrogens (tertiary/aromatic N) is 1. The number of Topliss-reactive ketones (excluding diaryl/α,β-unsaturated/α-hetero) is 2. The number of ketones is 2. The highest BCUT2D eigenvalue weighted by molar-refractivity contribution is 7.95. The van der Waals surface area contributed by atoms with Crippen LogP contribution >= 0.6 is 7.26 Å². The summed E-state index contributed by atoms with van der Waals surface area (Å²) in [5, 5.41) is 67.4. The van der Waals surface area contributed by atoms with E-state index in [1.807, 2.05) is 12.1 Å². The Morgan fingerprint density at radius 1 is 0.786 bits per heavy atom. The Kier molecular flexibility index (Phi) is 15.4. The van der Waals surface area contributed by atoms with Crippen molar-refractivity contribution in [3.8, 4) is 11.5 Å². The number of aromatic hydroxyl groups is 1. The molecule has 1 saturated carbocycles. The number of amides is 3. The lowest BCUT2D eigenvalue weighted by Crippen LogP contribution is -2.70. The van der Waals surface area contributed by atoms with Gasteiger partial charge in [-0.3, -0.25) is 28.9 Å². The summed E-state index contributed by atoms with van der Waals surface area (Å²) >= 11 is 0. The average Bonchev–Trinajstić information content (AvgIpc) is 3.32. The van der Waals surface area contributed by atoms with E-state index in [4.69, 9.17) is 10.5 Å². The third kappa shape index (κ3) is 9.35. The molecule has 3 aliphatic carbocycles. The van der Waals surface area contributed by atoms with Crippen molar-refractivity contribution in [2.75, 3.05) is 39.2 Å². The quantitative estimate of drug-likeness (QED) is 0.0287. The molecular formula is C54H64N4O11P+. The maximum absolute atomic E-state index is 14.3. The summed E-state index contributed by atoms with van der Waals surface area (Å²) in [4.78, 5) is 67.3. The van der Waals surface area contributed by atoms with Crippen molar-refractivity contribution in [1.82, 2.24) is 10.2 Å². The maximum Gasteiger partial charge on any atom is 0.255 e. The molecule has 0 heterocycles. The van der Waals surface area contributed by atoms with Gasteiger partial charge in [-0.2, -0.15) is 0 Å². The van der Waals surface area contributed by atoms with Crippen LogP contribution in [0.25, 0.3) is 5.76 Å². The molecule has 0 saturated heterocycles. The highest BCUT2D eigenvalue weighted by Crippen LogP contribution is 2.58. The number of aliphatic hydroxyl groups is 4. The van der Waals surface area contributed by atoms with Crippen molar-refractivity contribution >= 4 is 63.9 Å². The van der Waals surface area contributed by atoms with E-state index in [9.17, 15) is 49.5 Å². The van der Waals surface area contributed by atoms with Crippen molar-refractivity contribution in [1.29, 1.82) is 0 Å². The smallest absolute Gasteiger partial charge is 0.255 e. The van der Waals surface area contributed by atoms with Gasteiger partial charge in [0.2, 0.25) is 17.6 Å². The molecule has 70 heavy (non-hydrogen) atoms. The van der Waals surface area contributed by atoms with Gasteiger partial charge in [-0.05, 0) is 113 Å². The number of primary amides is 1. The van der Waals surface area contributed by atoms with Gasteiger partial charge in [0.15, 0.2) is 11.4 Å². The first kappa shape index (κ1) is 51.5. The van der Waals surface area contributed by atoms with Crippen LogP contribution in [-0.4, -0.2) is 111 Å². The lowest BCUT2D eigenvalue weighted by molar-refractivity contribution is -0.169. The van der Waals surface area contributed by atoms with Crippen LogP contribution in [0.4, 0.5) is 5.69 Å². The molecule has 0 aliphatic heterocycles. The lowest BCUT2D eigenvalue weighted by atomic mass is 9.54. The number of nitrogens with two attached hydrogens (primary N) is 1. The molecular weight excluding hydrogens is 912 g/mol. The molecule has 0 unspecified atom stereocenters. The number of phenols is 1. The zero-order valence-corrected chi connectivity index (χ0v) is 41.4. The van der Waals surface area contributed by atoms with E-state index < -0.39 is 94.6 Å². The predicted molar refractivity (Wildman–Crippen MR) is 270 cm³/mol. The molecule has 370 valence electrons. The van der Waals surface area contributed by atoms with Crippen LogP contribution in [0.1, 0.15) is 80.0 Å². The molecule has 4 aromatic rings. The topological polar surface area (TPSA) is 249 Å². The third-order valence-electron chi connectivity index (χ3n) is 14.4.